The summed E-state index contributed by atoms with van der Waals surface area (Å²) < 4.78 is 14.7. The van der Waals surface area contributed by atoms with Crippen LogP contribution in [0.1, 0.15) is 44.7 Å². The number of ether oxygens (including phenoxy) is 2. The average Bonchev–Trinajstić information content (AvgIpc) is 3.26. The fraction of sp³-hybridized carbons (Fsp3) is 0.389. The Morgan fingerprint density at radius 1 is 1.35 bits per heavy atom. The van der Waals surface area contributed by atoms with Gasteiger partial charge in [-0.3, -0.25) is 4.79 Å². The molecule has 1 N–H and O–H groups in total. The Bertz CT molecular complexity index is 823. The summed E-state index contributed by atoms with van der Waals surface area (Å²) in [6.45, 7) is 1.69. The summed E-state index contributed by atoms with van der Waals surface area (Å²) in [5, 5.41) is 3.11. The molecule has 1 aliphatic rings. The number of esters is 2. The predicted molar refractivity (Wildman–Crippen MR) is 94.5 cm³/mol. The van der Waals surface area contributed by atoms with Gasteiger partial charge in [-0.25, -0.2) is 9.59 Å². The summed E-state index contributed by atoms with van der Waals surface area (Å²) in [7, 11) is 1.31. The van der Waals surface area contributed by atoms with Crippen LogP contribution in [0.4, 0.5) is 5.00 Å². The van der Waals surface area contributed by atoms with Crippen LogP contribution in [0, 0.1) is 5.92 Å². The summed E-state index contributed by atoms with van der Waals surface area (Å²) in [6, 6.07) is 3.00. The van der Waals surface area contributed by atoms with Crippen molar-refractivity contribution in [2.45, 2.75) is 26.2 Å². The third kappa shape index (κ3) is 3.80. The van der Waals surface area contributed by atoms with Gasteiger partial charge in [-0.2, -0.15) is 0 Å². The van der Waals surface area contributed by atoms with E-state index in [1.54, 1.807) is 6.07 Å². The summed E-state index contributed by atoms with van der Waals surface area (Å²) in [4.78, 5) is 37.2. The molecule has 2 aromatic heterocycles. The number of carbonyl (C=O) groups is 3. The monoisotopic (exact) mass is 377 g/mol. The number of furan rings is 1. The largest absolute Gasteiger partial charge is 0.465 e. The maximum Gasteiger partial charge on any atom is 0.374 e. The molecular weight excluding hydrogens is 358 g/mol. The first-order valence-corrected chi connectivity index (χ1v) is 9.04. The molecule has 0 spiro atoms. The van der Waals surface area contributed by atoms with Crippen molar-refractivity contribution in [1.29, 1.82) is 0 Å². The lowest BCUT2D eigenvalue weighted by Crippen LogP contribution is -2.21. The van der Waals surface area contributed by atoms with E-state index in [2.05, 4.69) is 12.2 Å². The van der Waals surface area contributed by atoms with Crippen molar-refractivity contribution in [3.63, 3.8) is 0 Å². The van der Waals surface area contributed by atoms with E-state index in [4.69, 9.17) is 13.9 Å². The molecule has 0 saturated heterocycles. The molecule has 0 radical (unpaired) electrons. The molecule has 0 aromatic carbocycles. The second-order valence-electron chi connectivity index (χ2n) is 6.15. The molecule has 0 fully saturated rings. The zero-order valence-electron chi connectivity index (χ0n) is 14.5. The molecule has 1 atom stereocenters. The quantitative estimate of drug-likeness (QED) is 0.805. The fourth-order valence-corrected chi connectivity index (χ4v) is 4.33. The maximum absolute atomic E-state index is 12.2. The molecule has 26 heavy (non-hydrogen) atoms. The van der Waals surface area contributed by atoms with Gasteiger partial charge in [0, 0.05) is 4.88 Å². The Morgan fingerprint density at radius 2 is 2.15 bits per heavy atom. The number of fused-ring (bicyclic) bond motifs is 1. The van der Waals surface area contributed by atoms with Gasteiger partial charge in [-0.05, 0) is 42.9 Å². The number of anilines is 1. The van der Waals surface area contributed by atoms with Gasteiger partial charge in [-0.1, -0.05) is 6.92 Å². The standard InChI is InChI=1S/C18H19NO6S/c1-10-5-6-11-13(8-10)26-16(15(11)18(22)23-2)19-14(20)9-25-17(21)12-4-3-7-24-12/h3-4,7,10H,5-6,8-9H2,1-2H3,(H,19,20)/t10-/m0/s1. The second-order valence-corrected chi connectivity index (χ2v) is 7.25. The van der Waals surface area contributed by atoms with Crippen LogP contribution >= 0.6 is 11.3 Å². The third-order valence-electron chi connectivity index (χ3n) is 4.21. The molecular formula is C18H19NO6S. The maximum atomic E-state index is 12.2. The van der Waals surface area contributed by atoms with Gasteiger partial charge in [0.15, 0.2) is 6.61 Å². The van der Waals surface area contributed by atoms with Gasteiger partial charge in [0.25, 0.3) is 5.91 Å². The highest BCUT2D eigenvalue weighted by atomic mass is 32.1. The van der Waals surface area contributed by atoms with E-state index in [1.165, 1.54) is 30.8 Å². The lowest BCUT2D eigenvalue weighted by atomic mass is 9.88. The van der Waals surface area contributed by atoms with Crippen molar-refractivity contribution in [3.05, 3.63) is 40.2 Å². The number of methoxy groups -OCH3 is 1. The van der Waals surface area contributed by atoms with E-state index in [1.807, 2.05) is 0 Å². The Morgan fingerprint density at radius 3 is 2.85 bits per heavy atom. The van der Waals surface area contributed by atoms with Crippen LogP contribution in [0.5, 0.6) is 0 Å². The van der Waals surface area contributed by atoms with E-state index in [0.29, 0.717) is 16.5 Å². The number of amides is 1. The van der Waals surface area contributed by atoms with Crippen LogP contribution in [0.2, 0.25) is 0 Å². The van der Waals surface area contributed by atoms with Gasteiger partial charge >= 0.3 is 11.9 Å². The molecule has 0 bridgehead atoms. The molecule has 2 aromatic rings. The molecule has 7 nitrogen and oxygen atoms in total. The molecule has 0 saturated carbocycles. The van der Waals surface area contributed by atoms with Crippen molar-refractivity contribution in [2.75, 3.05) is 19.0 Å². The van der Waals surface area contributed by atoms with Gasteiger partial charge in [-0.15, -0.1) is 11.3 Å². The van der Waals surface area contributed by atoms with Gasteiger partial charge in [0.05, 0.1) is 18.9 Å². The van der Waals surface area contributed by atoms with E-state index < -0.39 is 24.5 Å². The van der Waals surface area contributed by atoms with Gasteiger partial charge < -0.3 is 19.2 Å². The number of hydrogen-bond donors (Lipinski definition) is 1. The normalized spacial score (nSPS) is 15.8. The summed E-state index contributed by atoms with van der Waals surface area (Å²) in [5.74, 6) is -1.17. The zero-order chi connectivity index (χ0) is 18.7. The lowest BCUT2D eigenvalue weighted by molar-refractivity contribution is -0.119. The Kier molecular flexibility index (Phi) is 5.41. The van der Waals surface area contributed by atoms with Crippen molar-refractivity contribution in [3.8, 4) is 0 Å². The number of hydrogen-bond acceptors (Lipinski definition) is 7. The van der Waals surface area contributed by atoms with Crippen LogP contribution in [-0.2, 0) is 27.1 Å². The minimum absolute atomic E-state index is 0.0219. The molecule has 0 unspecified atom stereocenters. The van der Waals surface area contributed by atoms with Crippen molar-refractivity contribution in [1.82, 2.24) is 0 Å². The van der Waals surface area contributed by atoms with Crippen LogP contribution in [0.3, 0.4) is 0 Å². The third-order valence-corrected chi connectivity index (χ3v) is 5.38. The summed E-state index contributed by atoms with van der Waals surface area (Å²) >= 11 is 1.38. The SMILES string of the molecule is COC(=O)c1c(NC(=O)COC(=O)c2ccco2)sc2c1CC[C@H](C)C2. The first-order chi connectivity index (χ1) is 12.5. The van der Waals surface area contributed by atoms with E-state index >= 15 is 0 Å². The van der Waals surface area contributed by atoms with Crippen LogP contribution in [-0.4, -0.2) is 31.6 Å². The lowest BCUT2D eigenvalue weighted by Gasteiger charge is -2.18. The van der Waals surface area contributed by atoms with Crippen LogP contribution in [0.15, 0.2) is 22.8 Å². The molecule has 1 amide bonds. The molecule has 0 aliphatic heterocycles. The van der Waals surface area contributed by atoms with Crippen LogP contribution in [0.25, 0.3) is 0 Å². The van der Waals surface area contributed by atoms with E-state index in [9.17, 15) is 14.4 Å². The topological polar surface area (TPSA) is 94.8 Å². The molecule has 138 valence electrons. The summed E-state index contributed by atoms with van der Waals surface area (Å²) in [6.07, 6.45) is 3.98. The first kappa shape index (κ1) is 18.2. The van der Waals surface area contributed by atoms with Crippen molar-refractivity contribution in [2.24, 2.45) is 5.92 Å². The average molecular weight is 377 g/mol. The highest BCUT2D eigenvalue weighted by Crippen LogP contribution is 2.39. The highest BCUT2D eigenvalue weighted by Gasteiger charge is 2.29. The smallest absolute Gasteiger partial charge is 0.374 e. The van der Waals surface area contributed by atoms with E-state index in [-0.39, 0.29) is 5.76 Å². The molecule has 2 heterocycles. The highest BCUT2D eigenvalue weighted by molar-refractivity contribution is 7.17. The minimum Gasteiger partial charge on any atom is -0.465 e. The molecule has 3 rings (SSSR count). The second kappa shape index (κ2) is 7.74. The Hall–Kier alpha value is -2.61. The number of thiophene rings is 1. The van der Waals surface area contributed by atoms with Crippen molar-refractivity contribution >= 4 is 34.2 Å². The van der Waals surface area contributed by atoms with Gasteiger partial charge in [0.1, 0.15) is 5.00 Å². The fourth-order valence-electron chi connectivity index (χ4n) is 2.92. The number of carbonyl (C=O) groups excluding carboxylic acids is 3. The zero-order valence-corrected chi connectivity index (χ0v) is 15.3. The number of nitrogens with one attached hydrogen (secondary N) is 1. The van der Waals surface area contributed by atoms with Crippen LogP contribution < -0.4 is 5.32 Å². The van der Waals surface area contributed by atoms with Crippen molar-refractivity contribution < 1.29 is 28.3 Å². The van der Waals surface area contributed by atoms with Gasteiger partial charge in [0.2, 0.25) is 5.76 Å². The number of rotatable bonds is 5. The Labute approximate surface area is 154 Å². The predicted octanol–water partition coefficient (Wildman–Crippen LogP) is 3.05. The summed E-state index contributed by atoms with van der Waals surface area (Å²) in [5.41, 5.74) is 1.35. The molecule has 1 aliphatic carbocycles. The van der Waals surface area contributed by atoms with E-state index in [0.717, 1.165) is 29.7 Å². The minimum atomic E-state index is -0.724. The molecule has 8 heteroatoms. The Balaban J connectivity index is 1.71. The first-order valence-electron chi connectivity index (χ1n) is 8.23.